The van der Waals surface area contributed by atoms with Gasteiger partial charge in [0.2, 0.25) is 0 Å². The van der Waals surface area contributed by atoms with E-state index in [0.29, 0.717) is 17.5 Å². The van der Waals surface area contributed by atoms with Crippen LogP contribution in [0.5, 0.6) is 11.5 Å². The molecule has 0 saturated heterocycles. The van der Waals surface area contributed by atoms with Crippen LogP contribution in [0.1, 0.15) is 34.5 Å². The predicted molar refractivity (Wildman–Crippen MR) is 71.6 cm³/mol. The van der Waals surface area contributed by atoms with Gasteiger partial charge in [0.05, 0.1) is 0 Å². The van der Waals surface area contributed by atoms with Crippen molar-refractivity contribution < 1.29 is 14.6 Å². The summed E-state index contributed by atoms with van der Waals surface area (Å²) in [6, 6.07) is 12.5. The van der Waals surface area contributed by atoms with E-state index in [9.17, 15) is 9.90 Å². The highest BCUT2D eigenvalue weighted by molar-refractivity contribution is 6.02. The lowest BCUT2D eigenvalue weighted by molar-refractivity contribution is 0.0746. The topological polar surface area (TPSA) is 49.8 Å². The Hall–Kier alpha value is -2.13. The molecule has 0 saturated carbocycles. The van der Waals surface area contributed by atoms with E-state index in [4.69, 9.17) is 4.74 Å². The maximum absolute atomic E-state index is 12.4. The van der Waals surface area contributed by atoms with Gasteiger partial charge in [-0.2, -0.15) is 0 Å². The molecule has 1 atom stereocenters. The van der Waals surface area contributed by atoms with Crippen molar-refractivity contribution in [3.63, 3.8) is 0 Å². The Labute approximate surface area is 111 Å². The minimum absolute atomic E-state index is 0.277. The predicted octanol–water partition coefficient (Wildman–Crippen LogP) is 3.27. The van der Waals surface area contributed by atoms with E-state index in [-0.39, 0.29) is 5.78 Å². The highest BCUT2D eigenvalue weighted by Gasteiger charge is 2.30. The van der Waals surface area contributed by atoms with Crippen LogP contribution in [-0.4, -0.2) is 10.9 Å². The number of Topliss-reactive ketones (excluding diaryl/α,β-unsaturated/α-hetero) is 1. The summed E-state index contributed by atoms with van der Waals surface area (Å²) in [5.41, 5.74) is 2.05. The number of ether oxygens (including phenoxy) is 1. The molecule has 0 amide bonds. The Kier molecular flexibility index (Phi) is 2.84. The zero-order valence-corrected chi connectivity index (χ0v) is 10.6. The van der Waals surface area contributed by atoms with E-state index < -0.39 is 6.10 Å². The molecule has 0 fully saturated rings. The lowest BCUT2D eigenvalue weighted by Crippen LogP contribution is -2.13. The summed E-state index contributed by atoms with van der Waals surface area (Å²) in [5.74, 6) is 1.36. The average Bonchev–Trinajstić information content (AvgIpc) is 3.25. The summed E-state index contributed by atoms with van der Waals surface area (Å²) in [5, 5.41) is 10.2. The van der Waals surface area contributed by atoms with Gasteiger partial charge in [-0.05, 0) is 24.1 Å². The van der Waals surface area contributed by atoms with Crippen LogP contribution in [0, 0.1) is 0 Å². The normalized spacial score (nSPS) is 13.4. The second kappa shape index (κ2) is 4.52. The fourth-order valence-electron chi connectivity index (χ4n) is 2.30. The maximum Gasteiger partial charge on any atom is 0.196 e. The number of fused-ring (bicyclic) bond motifs is 1. The Balaban J connectivity index is 1.95. The van der Waals surface area contributed by atoms with Crippen LogP contribution in [0.4, 0.5) is 0 Å². The quantitative estimate of drug-likeness (QED) is 0.574. The number of rotatable bonds is 4. The van der Waals surface area contributed by atoms with Gasteiger partial charge in [0.25, 0.3) is 0 Å². The number of hydrogen-bond acceptors (Lipinski definition) is 3. The van der Waals surface area contributed by atoms with Crippen molar-refractivity contribution in [1.29, 1.82) is 0 Å². The van der Waals surface area contributed by atoms with Crippen LogP contribution >= 0.6 is 0 Å². The zero-order chi connectivity index (χ0) is 13.4. The van der Waals surface area contributed by atoms with E-state index in [1.165, 1.54) is 0 Å². The number of hydrogen-bond donors (Lipinski definition) is 1. The molecule has 3 heteroatoms. The molecule has 0 aromatic heterocycles. The Morgan fingerprint density at radius 2 is 1.95 bits per heavy atom. The van der Waals surface area contributed by atoms with E-state index in [1.54, 1.807) is 24.3 Å². The highest BCUT2D eigenvalue weighted by atomic mass is 16.6. The molecule has 1 aliphatic rings. The van der Waals surface area contributed by atoms with Crippen molar-refractivity contribution in [2.24, 2.45) is 0 Å². The maximum atomic E-state index is 12.4. The van der Waals surface area contributed by atoms with Crippen molar-refractivity contribution in [3.05, 3.63) is 59.2 Å². The molecule has 3 nitrogen and oxygen atoms in total. The first-order chi connectivity index (χ1) is 9.22. The second-order valence-electron chi connectivity index (χ2n) is 4.55. The van der Waals surface area contributed by atoms with E-state index in [2.05, 4.69) is 0 Å². The minimum Gasteiger partial charge on any atom is -0.449 e. The Morgan fingerprint density at radius 1 is 1.21 bits per heavy atom. The third-order valence-corrected chi connectivity index (χ3v) is 3.38. The highest BCUT2D eigenvalue weighted by Crippen LogP contribution is 2.49. The number of carbonyl (C=O) groups excluding carboxylic acids is 1. The molecule has 1 heterocycles. The molecule has 1 aliphatic heterocycles. The van der Waals surface area contributed by atoms with Crippen molar-refractivity contribution in [3.8, 4) is 11.5 Å². The number of benzene rings is 2. The molecular weight excluding hydrogens is 240 g/mol. The first kappa shape index (κ1) is 11.9. The molecule has 0 aliphatic carbocycles. The van der Waals surface area contributed by atoms with Crippen LogP contribution in [0.25, 0.3) is 0 Å². The Bertz CT molecular complexity index is 632. The summed E-state index contributed by atoms with van der Waals surface area (Å²) in [7, 11) is 0. The van der Waals surface area contributed by atoms with E-state index in [1.807, 2.05) is 25.1 Å². The number of aliphatic hydroxyl groups is 1. The summed E-state index contributed by atoms with van der Waals surface area (Å²) >= 11 is 0. The third-order valence-electron chi connectivity index (χ3n) is 3.38. The van der Waals surface area contributed by atoms with Gasteiger partial charge in [0.15, 0.2) is 17.3 Å². The Morgan fingerprint density at radius 3 is 2.63 bits per heavy atom. The second-order valence-corrected chi connectivity index (χ2v) is 4.55. The smallest absolute Gasteiger partial charge is 0.196 e. The van der Waals surface area contributed by atoms with Gasteiger partial charge in [0, 0.05) is 11.1 Å². The molecule has 3 rings (SSSR count). The van der Waals surface area contributed by atoms with Gasteiger partial charge in [-0.3, -0.25) is 4.79 Å². The SMILES string of the molecule is CCc1c(C(=O)C(O)c2ccccc2)ccc2c1O2. The van der Waals surface area contributed by atoms with E-state index in [0.717, 1.165) is 17.1 Å². The number of ketones is 1. The molecular formula is C16H14O3. The number of carbonyl (C=O) groups is 1. The van der Waals surface area contributed by atoms with Crippen LogP contribution in [0.2, 0.25) is 0 Å². The van der Waals surface area contributed by atoms with Crippen molar-refractivity contribution in [1.82, 2.24) is 0 Å². The van der Waals surface area contributed by atoms with E-state index >= 15 is 0 Å². The van der Waals surface area contributed by atoms with Gasteiger partial charge >= 0.3 is 0 Å². The lowest BCUT2D eigenvalue weighted by atomic mass is 9.95. The van der Waals surface area contributed by atoms with Crippen LogP contribution < -0.4 is 4.74 Å². The molecule has 0 radical (unpaired) electrons. The molecule has 0 bridgehead atoms. The van der Waals surface area contributed by atoms with Crippen molar-refractivity contribution in [2.45, 2.75) is 19.4 Å². The van der Waals surface area contributed by atoms with Gasteiger partial charge in [0.1, 0.15) is 6.10 Å². The first-order valence-corrected chi connectivity index (χ1v) is 6.33. The standard InChI is InChI=1S/C16H14O3/c1-2-11-12(8-9-13-16(11)19-13)15(18)14(17)10-6-4-3-5-7-10/h3-9,14,17H,2H2,1H3. The third kappa shape index (κ3) is 2.02. The fraction of sp³-hybridized carbons (Fsp3) is 0.188. The first-order valence-electron chi connectivity index (χ1n) is 6.33. The van der Waals surface area contributed by atoms with Crippen LogP contribution in [0.15, 0.2) is 42.5 Å². The molecule has 1 unspecified atom stereocenters. The van der Waals surface area contributed by atoms with Gasteiger partial charge in [-0.1, -0.05) is 37.3 Å². The van der Waals surface area contributed by atoms with Crippen molar-refractivity contribution in [2.75, 3.05) is 0 Å². The van der Waals surface area contributed by atoms with Gasteiger partial charge in [-0.15, -0.1) is 0 Å². The summed E-state index contributed by atoms with van der Waals surface area (Å²) in [6.07, 6.45) is -0.408. The van der Waals surface area contributed by atoms with Crippen LogP contribution in [0.3, 0.4) is 0 Å². The molecule has 19 heavy (non-hydrogen) atoms. The summed E-state index contributed by atoms with van der Waals surface area (Å²) < 4.78 is 5.30. The van der Waals surface area contributed by atoms with Gasteiger partial charge in [-0.25, -0.2) is 0 Å². The lowest BCUT2D eigenvalue weighted by Gasteiger charge is -2.11. The monoisotopic (exact) mass is 254 g/mol. The molecule has 1 N–H and O–H groups in total. The number of aliphatic hydroxyl groups excluding tert-OH is 1. The molecule has 0 spiro atoms. The summed E-state index contributed by atoms with van der Waals surface area (Å²) in [4.78, 5) is 12.4. The largest absolute Gasteiger partial charge is 0.449 e. The average molecular weight is 254 g/mol. The molecule has 2 aromatic carbocycles. The molecule has 2 aromatic rings. The molecule has 96 valence electrons. The van der Waals surface area contributed by atoms with Crippen molar-refractivity contribution >= 4 is 5.78 Å². The van der Waals surface area contributed by atoms with Gasteiger partial charge < -0.3 is 9.84 Å². The fourth-order valence-corrected chi connectivity index (χ4v) is 2.30. The minimum atomic E-state index is -1.12. The van der Waals surface area contributed by atoms with Crippen LogP contribution in [-0.2, 0) is 6.42 Å². The summed E-state index contributed by atoms with van der Waals surface area (Å²) in [6.45, 7) is 1.98. The zero-order valence-electron chi connectivity index (χ0n) is 10.6.